The summed E-state index contributed by atoms with van der Waals surface area (Å²) in [6, 6.07) is 9.46. The monoisotopic (exact) mass is 223 g/mol. The van der Waals surface area contributed by atoms with Gasteiger partial charge in [0, 0.05) is 5.92 Å². The highest BCUT2D eigenvalue weighted by Crippen LogP contribution is 2.07. The van der Waals surface area contributed by atoms with Crippen molar-refractivity contribution in [3.8, 4) is 5.75 Å². The average Bonchev–Trinajstić information content (AvgIpc) is 2.29. The second-order valence-corrected chi connectivity index (χ2v) is 3.63. The van der Waals surface area contributed by atoms with Crippen LogP contribution in [0.5, 0.6) is 5.75 Å². The Bertz CT molecular complexity index is 311. The summed E-state index contributed by atoms with van der Waals surface area (Å²) in [4.78, 5) is 16.1. The van der Waals surface area contributed by atoms with Crippen LogP contribution in [0.4, 0.5) is 0 Å². The van der Waals surface area contributed by atoms with E-state index in [1.54, 1.807) is 13.8 Å². The second-order valence-electron chi connectivity index (χ2n) is 3.63. The van der Waals surface area contributed by atoms with E-state index in [1.165, 1.54) is 0 Å². The lowest BCUT2D eigenvalue weighted by Gasteiger charge is -2.08. The fraction of sp³-hybridized carbons (Fsp3) is 0.417. The van der Waals surface area contributed by atoms with Crippen LogP contribution in [0, 0.1) is 5.92 Å². The third-order valence-electron chi connectivity index (χ3n) is 1.89. The molecule has 0 fully saturated rings. The van der Waals surface area contributed by atoms with Crippen LogP contribution >= 0.6 is 0 Å². The van der Waals surface area contributed by atoms with Crippen LogP contribution in [0.1, 0.15) is 13.8 Å². The van der Waals surface area contributed by atoms with Gasteiger partial charge in [0.1, 0.15) is 19.0 Å². The minimum Gasteiger partial charge on any atom is -0.491 e. The third-order valence-corrected chi connectivity index (χ3v) is 1.89. The number of ether oxygens (including phenoxy) is 1. The van der Waals surface area contributed by atoms with Gasteiger partial charge in [-0.15, -0.1) is 0 Å². The van der Waals surface area contributed by atoms with Crippen LogP contribution in [-0.4, -0.2) is 19.1 Å². The number of carbonyl (C=O) groups is 1. The predicted octanol–water partition coefficient (Wildman–Crippen LogP) is 1.77. The van der Waals surface area contributed by atoms with Gasteiger partial charge < -0.3 is 4.74 Å². The molecule has 1 amide bonds. The maximum Gasteiger partial charge on any atom is 0.246 e. The number of nitrogens with one attached hydrogen (secondary N) is 1. The van der Waals surface area contributed by atoms with E-state index in [0.717, 1.165) is 5.75 Å². The number of carbonyl (C=O) groups excluding carboxylic acids is 1. The largest absolute Gasteiger partial charge is 0.491 e. The summed E-state index contributed by atoms with van der Waals surface area (Å²) in [6.07, 6.45) is 0. The highest BCUT2D eigenvalue weighted by molar-refractivity contribution is 5.76. The highest BCUT2D eigenvalue weighted by Gasteiger charge is 2.05. The molecule has 0 aliphatic carbocycles. The molecule has 4 nitrogen and oxygen atoms in total. The number of benzene rings is 1. The van der Waals surface area contributed by atoms with Crippen molar-refractivity contribution in [2.75, 3.05) is 13.2 Å². The van der Waals surface area contributed by atoms with Gasteiger partial charge in [0.25, 0.3) is 0 Å². The number of amides is 1. The molecule has 0 spiro atoms. The molecule has 0 saturated heterocycles. The van der Waals surface area contributed by atoms with Crippen LogP contribution in [0.25, 0.3) is 0 Å². The minimum absolute atomic E-state index is 0.0740. The van der Waals surface area contributed by atoms with Crippen LogP contribution in [-0.2, 0) is 9.63 Å². The first-order valence-corrected chi connectivity index (χ1v) is 5.29. The second kappa shape index (κ2) is 6.85. The van der Waals surface area contributed by atoms with Gasteiger partial charge in [0.2, 0.25) is 5.91 Å². The fourth-order valence-corrected chi connectivity index (χ4v) is 0.958. The number of para-hydroxylation sites is 1. The topological polar surface area (TPSA) is 47.6 Å². The van der Waals surface area contributed by atoms with Crippen LogP contribution in [0.15, 0.2) is 30.3 Å². The van der Waals surface area contributed by atoms with E-state index in [1.807, 2.05) is 30.3 Å². The molecule has 1 aromatic carbocycles. The number of hydrogen-bond acceptors (Lipinski definition) is 3. The Kier molecular flexibility index (Phi) is 5.36. The van der Waals surface area contributed by atoms with Crippen molar-refractivity contribution in [1.29, 1.82) is 0 Å². The molecule has 0 aliphatic rings. The van der Waals surface area contributed by atoms with Crippen LogP contribution in [0.2, 0.25) is 0 Å². The van der Waals surface area contributed by atoms with Gasteiger partial charge in [-0.2, -0.15) is 0 Å². The standard InChI is InChI=1S/C12H17NO3/c1-10(2)12(14)13-16-9-8-15-11-6-4-3-5-7-11/h3-7,10H,8-9H2,1-2H3,(H,13,14). The molecular formula is C12H17NO3. The molecule has 16 heavy (non-hydrogen) atoms. The molecule has 0 unspecified atom stereocenters. The molecule has 0 aliphatic heterocycles. The lowest BCUT2D eigenvalue weighted by Crippen LogP contribution is -2.29. The predicted molar refractivity (Wildman–Crippen MR) is 60.9 cm³/mol. The Morgan fingerprint density at radius 2 is 1.94 bits per heavy atom. The van der Waals surface area contributed by atoms with E-state index in [0.29, 0.717) is 13.2 Å². The Morgan fingerprint density at radius 1 is 1.25 bits per heavy atom. The molecule has 0 saturated carbocycles. The first-order chi connectivity index (χ1) is 7.70. The maximum atomic E-state index is 11.1. The zero-order chi connectivity index (χ0) is 11.8. The number of rotatable bonds is 6. The summed E-state index contributed by atoms with van der Waals surface area (Å²) in [5.74, 6) is 0.594. The zero-order valence-corrected chi connectivity index (χ0v) is 9.60. The van der Waals surface area contributed by atoms with Gasteiger partial charge in [-0.3, -0.25) is 9.63 Å². The van der Waals surface area contributed by atoms with Gasteiger partial charge in [0.15, 0.2) is 0 Å². The van der Waals surface area contributed by atoms with Crippen molar-refractivity contribution in [2.45, 2.75) is 13.8 Å². The lowest BCUT2D eigenvalue weighted by molar-refractivity contribution is -0.137. The SMILES string of the molecule is CC(C)C(=O)NOCCOc1ccccc1. The molecule has 0 aromatic heterocycles. The van der Waals surface area contributed by atoms with Crippen LogP contribution < -0.4 is 10.2 Å². The van der Waals surface area contributed by atoms with E-state index in [2.05, 4.69) is 5.48 Å². The van der Waals surface area contributed by atoms with Crippen molar-refractivity contribution in [1.82, 2.24) is 5.48 Å². The van der Waals surface area contributed by atoms with E-state index in [-0.39, 0.29) is 11.8 Å². The molecule has 88 valence electrons. The van der Waals surface area contributed by atoms with E-state index in [4.69, 9.17) is 9.57 Å². The van der Waals surface area contributed by atoms with Crippen molar-refractivity contribution >= 4 is 5.91 Å². The Labute approximate surface area is 95.5 Å². The van der Waals surface area contributed by atoms with Gasteiger partial charge in [-0.05, 0) is 12.1 Å². The van der Waals surface area contributed by atoms with Gasteiger partial charge in [0.05, 0.1) is 0 Å². The quantitative estimate of drug-likeness (QED) is 0.590. The van der Waals surface area contributed by atoms with Crippen molar-refractivity contribution in [2.24, 2.45) is 5.92 Å². The summed E-state index contributed by atoms with van der Waals surface area (Å²) >= 11 is 0. The fourth-order valence-electron chi connectivity index (χ4n) is 0.958. The summed E-state index contributed by atoms with van der Waals surface area (Å²) in [5, 5.41) is 0. The summed E-state index contributed by atoms with van der Waals surface area (Å²) in [7, 11) is 0. The summed E-state index contributed by atoms with van der Waals surface area (Å²) < 4.78 is 5.37. The molecule has 0 heterocycles. The number of hydrogen-bond donors (Lipinski definition) is 1. The van der Waals surface area contributed by atoms with Gasteiger partial charge in [-0.1, -0.05) is 32.0 Å². The molecule has 1 N–H and O–H groups in total. The van der Waals surface area contributed by atoms with E-state index >= 15 is 0 Å². The Balaban J connectivity index is 2.07. The molecule has 4 heteroatoms. The Morgan fingerprint density at radius 3 is 2.56 bits per heavy atom. The smallest absolute Gasteiger partial charge is 0.246 e. The van der Waals surface area contributed by atoms with Crippen LogP contribution in [0.3, 0.4) is 0 Å². The molecular weight excluding hydrogens is 206 g/mol. The average molecular weight is 223 g/mol. The summed E-state index contributed by atoms with van der Waals surface area (Å²) in [5.41, 5.74) is 2.35. The summed E-state index contributed by atoms with van der Waals surface area (Å²) in [6.45, 7) is 4.34. The van der Waals surface area contributed by atoms with Gasteiger partial charge in [-0.25, -0.2) is 5.48 Å². The Hall–Kier alpha value is -1.55. The van der Waals surface area contributed by atoms with E-state index in [9.17, 15) is 4.79 Å². The lowest BCUT2D eigenvalue weighted by atomic mass is 10.2. The van der Waals surface area contributed by atoms with Gasteiger partial charge >= 0.3 is 0 Å². The molecule has 0 bridgehead atoms. The molecule has 1 rings (SSSR count). The zero-order valence-electron chi connectivity index (χ0n) is 9.60. The minimum atomic E-state index is -0.125. The van der Waals surface area contributed by atoms with Crippen molar-refractivity contribution in [3.05, 3.63) is 30.3 Å². The van der Waals surface area contributed by atoms with Crippen molar-refractivity contribution < 1.29 is 14.4 Å². The molecule has 0 atom stereocenters. The maximum absolute atomic E-state index is 11.1. The van der Waals surface area contributed by atoms with E-state index < -0.39 is 0 Å². The number of hydroxylamine groups is 1. The van der Waals surface area contributed by atoms with Crippen molar-refractivity contribution in [3.63, 3.8) is 0 Å². The normalized spacial score (nSPS) is 10.2. The first kappa shape index (κ1) is 12.5. The molecule has 1 aromatic rings. The highest BCUT2D eigenvalue weighted by atomic mass is 16.7. The first-order valence-electron chi connectivity index (χ1n) is 5.29. The molecule has 0 radical (unpaired) electrons. The third kappa shape index (κ3) is 4.79.